The summed E-state index contributed by atoms with van der Waals surface area (Å²) in [6.07, 6.45) is 7.85. The molecule has 1 amide bonds. The second kappa shape index (κ2) is 8.47. The second-order valence-electron chi connectivity index (χ2n) is 7.70. The molecule has 1 saturated carbocycles. The van der Waals surface area contributed by atoms with E-state index >= 15 is 0 Å². The van der Waals surface area contributed by atoms with E-state index in [1.54, 1.807) is 11.8 Å². The standard InChI is InChI=1S/C21H27N3O3S/c1-27-17-10-8-16(9-11-17)24-21(18-13-28(26)14-19(18)23-24)22-20(25)12-7-15-5-3-2-4-6-15/h8-11,15H,2-7,12-14H2,1H3,(H,22,25)/t28-/m0/s1. The van der Waals surface area contributed by atoms with Crippen LogP contribution in [0.2, 0.25) is 0 Å². The van der Waals surface area contributed by atoms with Gasteiger partial charge in [-0.15, -0.1) is 0 Å². The molecule has 0 spiro atoms. The maximum Gasteiger partial charge on any atom is 0.225 e. The van der Waals surface area contributed by atoms with Crippen molar-refractivity contribution in [2.24, 2.45) is 5.92 Å². The Hall–Kier alpha value is -2.15. The van der Waals surface area contributed by atoms with Gasteiger partial charge in [0.15, 0.2) is 0 Å². The fourth-order valence-electron chi connectivity index (χ4n) is 4.17. The van der Waals surface area contributed by atoms with E-state index < -0.39 is 10.8 Å². The smallest absolute Gasteiger partial charge is 0.225 e. The molecule has 1 aromatic heterocycles. The molecule has 1 N–H and O–H groups in total. The first-order valence-corrected chi connectivity index (χ1v) is 11.5. The molecule has 6 nitrogen and oxygen atoms in total. The highest BCUT2D eigenvalue weighted by atomic mass is 32.2. The van der Waals surface area contributed by atoms with E-state index in [9.17, 15) is 9.00 Å². The summed E-state index contributed by atoms with van der Waals surface area (Å²) in [7, 11) is 0.692. The van der Waals surface area contributed by atoms with Gasteiger partial charge >= 0.3 is 0 Å². The van der Waals surface area contributed by atoms with E-state index in [-0.39, 0.29) is 5.91 Å². The number of nitrogens with one attached hydrogen (secondary N) is 1. The van der Waals surface area contributed by atoms with E-state index in [1.165, 1.54) is 32.1 Å². The van der Waals surface area contributed by atoms with E-state index in [4.69, 9.17) is 4.74 Å². The first-order valence-electron chi connectivity index (χ1n) is 10.0. The molecular weight excluding hydrogens is 374 g/mol. The summed E-state index contributed by atoms with van der Waals surface area (Å²) in [5.41, 5.74) is 2.57. The predicted octanol–water partition coefficient (Wildman–Crippen LogP) is 3.94. The van der Waals surface area contributed by atoms with Crippen molar-refractivity contribution in [1.82, 2.24) is 9.78 Å². The summed E-state index contributed by atoms with van der Waals surface area (Å²) in [6, 6.07) is 7.56. The quantitative estimate of drug-likeness (QED) is 0.796. The maximum absolute atomic E-state index is 12.7. The number of carbonyl (C=O) groups excluding carboxylic acids is 1. The van der Waals surface area contributed by atoms with Crippen LogP contribution in [0.25, 0.3) is 5.69 Å². The van der Waals surface area contributed by atoms with Crippen LogP contribution >= 0.6 is 0 Å². The van der Waals surface area contributed by atoms with E-state index in [0.29, 0.717) is 29.7 Å². The van der Waals surface area contributed by atoms with Gasteiger partial charge in [-0.2, -0.15) is 5.10 Å². The molecule has 0 bridgehead atoms. The van der Waals surface area contributed by atoms with Gasteiger partial charge in [0.2, 0.25) is 5.91 Å². The van der Waals surface area contributed by atoms with E-state index in [2.05, 4.69) is 10.4 Å². The minimum absolute atomic E-state index is 0.0146. The molecule has 2 aliphatic rings. The Morgan fingerprint density at radius 2 is 1.96 bits per heavy atom. The molecule has 1 fully saturated rings. The zero-order valence-corrected chi connectivity index (χ0v) is 17.1. The molecule has 1 aliphatic heterocycles. The van der Waals surface area contributed by atoms with Crippen molar-refractivity contribution in [3.63, 3.8) is 0 Å². The number of hydrogen-bond acceptors (Lipinski definition) is 4. The lowest BCUT2D eigenvalue weighted by Crippen LogP contribution is -2.18. The maximum atomic E-state index is 12.7. The lowest BCUT2D eigenvalue weighted by Gasteiger charge is -2.21. The Bertz CT molecular complexity index is 870. The highest BCUT2D eigenvalue weighted by Gasteiger charge is 2.28. The number of anilines is 1. The zero-order valence-electron chi connectivity index (χ0n) is 16.3. The fraction of sp³-hybridized carbons (Fsp3) is 0.524. The Kier molecular flexibility index (Phi) is 5.80. The Morgan fingerprint density at radius 3 is 2.68 bits per heavy atom. The average molecular weight is 402 g/mol. The normalized spacial score (nSPS) is 19.4. The largest absolute Gasteiger partial charge is 0.497 e. The molecule has 0 unspecified atom stereocenters. The minimum atomic E-state index is -0.938. The SMILES string of the molecule is COc1ccc(-n2nc3c(c2NC(=O)CCC2CCCCC2)C[S@](=O)C3)cc1. The summed E-state index contributed by atoms with van der Waals surface area (Å²) in [5.74, 6) is 3.01. The first kappa shape index (κ1) is 19.2. The Balaban J connectivity index is 1.52. The number of fused-ring (bicyclic) bond motifs is 1. The third-order valence-corrected chi connectivity index (χ3v) is 6.96. The van der Waals surface area contributed by atoms with Crippen molar-refractivity contribution in [2.45, 2.75) is 56.5 Å². The highest BCUT2D eigenvalue weighted by Crippen LogP contribution is 2.32. The zero-order chi connectivity index (χ0) is 19.5. The molecule has 7 heteroatoms. The molecule has 0 radical (unpaired) electrons. The number of benzene rings is 1. The van der Waals surface area contributed by atoms with Gasteiger partial charge in [-0.1, -0.05) is 32.1 Å². The predicted molar refractivity (Wildman–Crippen MR) is 110 cm³/mol. The van der Waals surface area contributed by atoms with Gasteiger partial charge in [0, 0.05) is 22.8 Å². The van der Waals surface area contributed by atoms with Crippen LogP contribution in [-0.4, -0.2) is 27.0 Å². The average Bonchev–Trinajstić information content (AvgIpc) is 3.24. The van der Waals surface area contributed by atoms with Crippen LogP contribution in [0.15, 0.2) is 24.3 Å². The summed E-state index contributed by atoms with van der Waals surface area (Å²) >= 11 is 0. The summed E-state index contributed by atoms with van der Waals surface area (Å²) < 4.78 is 19.0. The molecule has 150 valence electrons. The van der Waals surface area contributed by atoms with Crippen LogP contribution in [-0.2, 0) is 27.1 Å². The number of ether oxygens (including phenoxy) is 1. The van der Waals surface area contributed by atoms with Crippen LogP contribution in [0.4, 0.5) is 5.82 Å². The van der Waals surface area contributed by atoms with Crippen LogP contribution < -0.4 is 10.1 Å². The van der Waals surface area contributed by atoms with Crippen LogP contribution in [0, 0.1) is 5.92 Å². The van der Waals surface area contributed by atoms with Gasteiger partial charge in [0.05, 0.1) is 30.0 Å². The van der Waals surface area contributed by atoms with Crippen LogP contribution in [0.1, 0.15) is 56.2 Å². The lowest BCUT2D eigenvalue weighted by atomic mass is 9.86. The molecule has 2 aromatic rings. The number of amides is 1. The second-order valence-corrected chi connectivity index (χ2v) is 9.16. The molecule has 4 rings (SSSR count). The molecule has 1 aliphatic carbocycles. The number of aromatic nitrogens is 2. The number of rotatable bonds is 6. The number of nitrogens with zero attached hydrogens (tertiary/aromatic N) is 2. The molecule has 1 atom stereocenters. The molecule has 2 heterocycles. The van der Waals surface area contributed by atoms with Gasteiger partial charge in [0.1, 0.15) is 11.6 Å². The van der Waals surface area contributed by atoms with Gasteiger partial charge in [-0.25, -0.2) is 4.68 Å². The van der Waals surface area contributed by atoms with Crippen molar-refractivity contribution >= 4 is 22.5 Å². The topological polar surface area (TPSA) is 73.2 Å². The summed E-state index contributed by atoms with van der Waals surface area (Å²) in [5, 5.41) is 7.71. The monoisotopic (exact) mass is 401 g/mol. The van der Waals surface area contributed by atoms with Gasteiger partial charge in [0.25, 0.3) is 0 Å². The third-order valence-electron chi connectivity index (χ3n) is 5.75. The number of methoxy groups -OCH3 is 1. The van der Waals surface area contributed by atoms with Crippen LogP contribution in [0.3, 0.4) is 0 Å². The van der Waals surface area contributed by atoms with Crippen molar-refractivity contribution in [3.8, 4) is 11.4 Å². The van der Waals surface area contributed by atoms with Gasteiger partial charge < -0.3 is 10.1 Å². The van der Waals surface area contributed by atoms with Crippen LogP contribution in [0.5, 0.6) is 5.75 Å². The lowest BCUT2D eigenvalue weighted by molar-refractivity contribution is -0.116. The van der Waals surface area contributed by atoms with Gasteiger partial charge in [-0.05, 0) is 36.6 Å². The molecular formula is C21H27N3O3S. The van der Waals surface area contributed by atoms with Gasteiger partial charge in [-0.3, -0.25) is 9.00 Å². The first-order chi connectivity index (χ1) is 13.6. The molecule has 28 heavy (non-hydrogen) atoms. The fourth-order valence-corrected chi connectivity index (χ4v) is 5.44. The van der Waals surface area contributed by atoms with E-state index in [1.807, 2.05) is 24.3 Å². The van der Waals surface area contributed by atoms with Crippen molar-refractivity contribution in [3.05, 3.63) is 35.5 Å². The van der Waals surface area contributed by atoms with Crippen molar-refractivity contribution < 1.29 is 13.7 Å². The van der Waals surface area contributed by atoms with Crippen molar-refractivity contribution in [2.75, 3.05) is 12.4 Å². The van der Waals surface area contributed by atoms with E-state index in [0.717, 1.165) is 29.1 Å². The minimum Gasteiger partial charge on any atom is -0.497 e. The van der Waals surface area contributed by atoms with Crippen molar-refractivity contribution in [1.29, 1.82) is 0 Å². The Morgan fingerprint density at radius 1 is 1.21 bits per heavy atom. The summed E-state index contributed by atoms with van der Waals surface area (Å²) in [4.78, 5) is 12.7. The highest BCUT2D eigenvalue weighted by molar-refractivity contribution is 7.83. The molecule has 0 saturated heterocycles. The number of carbonyl (C=O) groups is 1. The Labute approximate surface area is 168 Å². The summed E-state index contributed by atoms with van der Waals surface area (Å²) in [6.45, 7) is 0. The molecule has 1 aromatic carbocycles. The number of hydrogen-bond donors (Lipinski definition) is 1. The third kappa shape index (κ3) is 4.14.